The molecule has 2 amide bonds. The third kappa shape index (κ3) is 21.7. The van der Waals surface area contributed by atoms with Gasteiger partial charge in [-0.05, 0) is 39.5 Å². The number of nitrogens with one attached hydrogen (secondary N) is 2. The average Bonchev–Trinajstić information content (AvgIpc) is 2.91. The van der Waals surface area contributed by atoms with E-state index in [4.69, 9.17) is 4.74 Å². The van der Waals surface area contributed by atoms with Crippen LogP contribution in [-0.2, 0) is 11.3 Å². The van der Waals surface area contributed by atoms with E-state index < -0.39 is 6.09 Å². The molecule has 0 aliphatic carbocycles. The largest absolute Gasteiger partial charge is 0.445 e. The average molecular weight is 568 g/mol. The molecule has 1 aromatic carbocycles. The summed E-state index contributed by atoms with van der Waals surface area (Å²) < 4.78 is 5.32. The van der Waals surface area contributed by atoms with Gasteiger partial charge in [0.25, 0.3) is 5.91 Å². The number of amides is 2. The van der Waals surface area contributed by atoms with E-state index in [1.54, 1.807) is 6.07 Å². The van der Waals surface area contributed by atoms with Gasteiger partial charge in [-0.25, -0.2) is 4.79 Å². The molecule has 0 spiro atoms. The van der Waals surface area contributed by atoms with Crippen LogP contribution < -0.4 is 10.6 Å². The maximum atomic E-state index is 12.7. The van der Waals surface area contributed by atoms with Crippen molar-refractivity contribution in [2.45, 2.75) is 123 Å². The highest BCUT2D eigenvalue weighted by molar-refractivity contribution is 5.95. The maximum Gasteiger partial charge on any atom is 0.407 e. The van der Waals surface area contributed by atoms with Crippen LogP contribution in [-0.4, -0.2) is 50.6 Å². The molecular weight excluding hydrogens is 510 g/mol. The smallest absolute Gasteiger partial charge is 0.407 e. The minimum absolute atomic E-state index is 0. The molecule has 0 aliphatic rings. The Morgan fingerprint density at radius 2 is 1.18 bits per heavy atom. The fourth-order valence-corrected chi connectivity index (χ4v) is 4.62. The molecule has 6 nitrogen and oxygen atoms in total. The summed E-state index contributed by atoms with van der Waals surface area (Å²) >= 11 is 0. The van der Waals surface area contributed by atoms with E-state index in [-0.39, 0.29) is 24.9 Å². The van der Waals surface area contributed by atoms with Crippen molar-refractivity contribution in [3.05, 3.63) is 35.4 Å². The van der Waals surface area contributed by atoms with E-state index in [0.29, 0.717) is 18.7 Å². The predicted molar refractivity (Wildman–Crippen MR) is 167 cm³/mol. The lowest BCUT2D eigenvalue weighted by atomic mass is 10.0. The van der Waals surface area contributed by atoms with Gasteiger partial charge in [-0.3, -0.25) is 4.79 Å². The molecule has 0 saturated heterocycles. The van der Waals surface area contributed by atoms with Crippen LogP contribution >= 0.6 is 12.4 Å². The summed E-state index contributed by atoms with van der Waals surface area (Å²) in [5.74, 6) is -0.100. The summed E-state index contributed by atoms with van der Waals surface area (Å²) in [7, 11) is 4.00. The van der Waals surface area contributed by atoms with Crippen molar-refractivity contribution >= 4 is 24.4 Å². The number of nitrogens with zero attached hydrogens (tertiary/aromatic N) is 1. The molecule has 0 aromatic heterocycles. The lowest BCUT2D eigenvalue weighted by Crippen LogP contribution is -2.28. The van der Waals surface area contributed by atoms with Gasteiger partial charge in [0, 0.05) is 24.2 Å². The molecule has 7 heteroatoms. The minimum Gasteiger partial charge on any atom is -0.445 e. The fourth-order valence-electron chi connectivity index (χ4n) is 4.62. The molecule has 0 bridgehead atoms. The number of ether oxygens (including phenoxy) is 1. The molecule has 39 heavy (non-hydrogen) atoms. The van der Waals surface area contributed by atoms with Crippen molar-refractivity contribution in [1.29, 1.82) is 0 Å². The molecule has 0 unspecified atom stereocenters. The topological polar surface area (TPSA) is 70.7 Å². The Kier molecular flexibility index (Phi) is 25.2. The molecule has 0 heterocycles. The number of hydrogen-bond acceptors (Lipinski definition) is 4. The number of alkyl carbamates (subject to hydrolysis) is 1. The predicted octanol–water partition coefficient (Wildman–Crippen LogP) is 8.28. The molecule has 226 valence electrons. The van der Waals surface area contributed by atoms with Crippen molar-refractivity contribution in [3.63, 3.8) is 0 Å². The van der Waals surface area contributed by atoms with Gasteiger partial charge in [0.1, 0.15) is 6.61 Å². The van der Waals surface area contributed by atoms with E-state index in [1.807, 2.05) is 32.3 Å². The van der Waals surface area contributed by atoms with Crippen LogP contribution in [0.5, 0.6) is 0 Å². The first-order chi connectivity index (χ1) is 18.5. The zero-order chi connectivity index (χ0) is 27.7. The van der Waals surface area contributed by atoms with Crippen molar-refractivity contribution in [1.82, 2.24) is 15.5 Å². The minimum atomic E-state index is -0.452. The second-order valence-electron chi connectivity index (χ2n) is 10.9. The summed E-state index contributed by atoms with van der Waals surface area (Å²) in [6, 6.07) is 7.33. The SMILES string of the molecule is CCCCCCCCCCCCCCCCCCNC(=O)c1ccccc1COC(=O)NCCCN(C)C.Cl. The van der Waals surface area contributed by atoms with Crippen LogP contribution in [0.3, 0.4) is 0 Å². The molecule has 1 rings (SSSR count). The number of hydrogen-bond donors (Lipinski definition) is 2. The Morgan fingerprint density at radius 3 is 1.72 bits per heavy atom. The Morgan fingerprint density at radius 1 is 0.692 bits per heavy atom. The quantitative estimate of drug-likeness (QED) is 0.123. The Bertz CT molecular complexity index is 730. The van der Waals surface area contributed by atoms with E-state index >= 15 is 0 Å². The Labute approximate surface area is 245 Å². The Balaban J connectivity index is 0.0000144. The first kappa shape index (κ1) is 37.2. The first-order valence-electron chi connectivity index (χ1n) is 15.5. The number of carbonyl (C=O) groups is 2. The van der Waals surface area contributed by atoms with E-state index in [1.165, 1.54) is 89.9 Å². The molecule has 2 N–H and O–H groups in total. The van der Waals surface area contributed by atoms with Gasteiger partial charge in [-0.15, -0.1) is 12.4 Å². The molecule has 0 atom stereocenters. The zero-order valence-electron chi connectivity index (χ0n) is 25.2. The van der Waals surface area contributed by atoms with Crippen LogP contribution in [0.15, 0.2) is 24.3 Å². The van der Waals surface area contributed by atoms with Crippen molar-refractivity contribution < 1.29 is 14.3 Å². The van der Waals surface area contributed by atoms with Crippen LogP contribution in [0.4, 0.5) is 4.79 Å². The summed E-state index contributed by atoms with van der Waals surface area (Å²) in [6.45, 7) is 4.52. The standard InChI is InChI=1S/C32H57N3O3.ClH/c1-4-5-6-7-8-9-10-11-12-13-14-15-16-17-18-21-25-33-31(36)30-24-20-19-23-29(30)28-38-32(37)34-26-22-27-35(2)3;/h19-20,23-24H,4-18,21-22,25-28H2,1-3H3,(H,33,36)(H,34,37);1H. The van der Waals surface area contributed by atoms with Crippen molar-refractivity contribution in [3.8, 4) is 0 Å². The molecule has 1 aromatic rings. The van der Waals surface area contributed by atoms with Crippen molar-refractivity contribution in [2.24, 2.45) is 0 Å². The number of unbranched alkanes of at least 4 members (excludes halogenated alkanes) is 15. The summed E-state index contributed by atoms with van der Waals surface area (Å²) in [4.78, 5) is 26.7. The normalized spacial score (nSPS) is 10.8. The second-order valence-corrected chi connectivity index (χ2v) is 10.9. The fraction of sp³-hybridized carbons (Fsp3) is 0.750. The van der Waals surface area contributed by atoms with Gasteiger partial charge < -0.3 is 20.3 Å². The van der Waals surface area contributed by atoms with E-state index in [0.717, 1.165) is 31.4 Å². The van der Waals surface area contributed by atoms with Gasteiger partial charge in [0.15, 0.2) is 0 Å². The van der Waals surface area contributed by atoms with Gasteiger partial charge in [-0.1, -0.05) is 121 Å². The lowest BCUT2D eigenvalue weighted by molar-refractivity contribution is 0.0946. The number of carbonyl (C=O) groups excluding carboxylic acids is 2. The third-order valence-corrected chi connectivity index (χ3v) is 6.99. The van der Waals surface area contributed by atoms with Gasteiger partial charge in [0.2, 0.25) is 0 Å². The highest BCUT2D eigenvalue weighted by atomic mass is 35.5. The van der Waals surface area contributed by atoms with Gasteiger partial charge in [-0.2, -0.15) is 0 Å². The summed E-state index contributed by atoms with van der Waals surface area (Å²) in [5, 5.41) is 5.78. The lowest BCUT2D eigenvalue weighted by Gasteiger charge is -2.12. The van der Waals surface area contributed by atoms with Crippen molar-refractivity contribution in [2.75, 3.05) is 33.7 Å². The van der Waals surface area contributed by atoms with E-state index in [2.05, 4.69) is 22.5 Å². The molecule has 0 aliphatic heterocycles. The third-order valence-electron chi connectivity index (χ3n) is 6.99. The van der Waals surface area contributed by atoms with Gasteiger partial charge >= 0.3 is 6.09 Å². The zero-order valence-corrected chi connectivity index (χ0v) is 26.1. The van der Waals surface area contributed by atoms with E-state index in [9.17, 15) is 9.59 Å². The number of benzene rings is 1. The first-order valence-corrected chi connectivity index (χ1v) is 15.5. The molecule has 0 saturated carbocycles. The molecular formula is C32H58ClN3O3. The Hall–Kier alpha value is -1.79. The summed E-state index contributed by atoms with van der Waals surface area (Å²) in [5.41, 5.74) is 1.30. The van der Waals surface area contributed by atoms with Gasteiger partial charge in [0.05, 0.1) is 0 Å². The van der Waals surface area contributed by atoms with Crippen LogP contribution in [0, 0.1) is 0 Å². The van der Waals surface area contributed by atoms with Crippen LogP contribution in [0.2, 0.25) is 0 Å². The number of halogens is 1. The highest BCUT2D eigenvalue weighted by Crippen LogP contribution is 2.14. The molecule has 0 radical (unpaired) electrons. The van der Waals surface area contributed by atoms with Crippen LogP contribution in [0.1, 0.15) is 132 Å². The van der Waals surface area contributed by atoms with Crippen LogP contribution in [0.25, 0.3) is 0 Å². The highest BCUT2D eigenvalue weighted by Gasteiger charge is 2.12. The maximum absolute atomic E-state index is 12.7. The number of rotatable bonds is 24. The monoisotopic (exact) mass is 567 g/mol. The second kappa shape index (κ2) is 26.4. The summed E-state index contributed by atoms with van der Waals surface area (Å²) in [6.07, 6.45) is 21.8. The molecule has 0 fully saturated rings.